The molecule has 0 aliphatic rings. The first-order valence-electron chi connectivity index (χ1n) is 10.9. The Balaban J connectivity index is 1.44. The average molecular weight is 503 g/mol. The molecule has 6 rings (SSSR count). The summed E-state index contributed by atoms with van der Waals surface area (Å²) < 4.78 is 39.8. The molecule has 0 amide bonds. The highest BCUT2D eigenvalue weighted by Gasteiger charge is 2.17. The van der Waals surface area contributed by atoms with E-state index in [4.69, 9.17) is 4.98 Å². The zero-order valence-corrected chi connectivity index (χ0v) is 19.7. The van der Waals surface area contributed by atoms with Crippen molar-refractivity contribution < 1.29 is 12.8 Å². The zero-order chi connectivity index (χ0) is 24.9. The molecule has 0 radical (unpaired) electrons. The molecule has 0 atom stereocenters. The fraction of sp³-hybridized carbons (Fsp3) is 0.0833. The molecule has 180 valence electrons. The minimum atomic E-state index is -3.41. The number of nitrogens with zero attached hydrogens (tertiary/aromatic N) is 4. The van der Waals surface area contributed by atoms with Crippen molar-refractivity contribution in [1.82, 2.24) is 40.1 Å². The Hall–Kier alpha value is -4.42. The van der Waals surface area contributed by atoms with Crippen molar-refractivity contribution in [3.8, 4) is 33.8 Å². The summed E-state index contributed by atoms with van der Waals surface area (Å²) in [7, 11) is -3.41. The number of rotatable bonds is 6. The van der Waals surface area contributed by atoms with Gasteiger partial charge in [0.2, 0.25) is 10.0 Å². The number of aromatic nitrogens is 7. The van der Waals surface area contributed by atoms with E-state index in [9.17, 15) is 12.8 Å². The van der Waals surface area contributed by atoms with Crippen LogP contribution in [0.15, 0.2) is 61.1 Å². The van der Waals surface area contributed by atoms with Crippen LogP contribution in [0.2, 0.25) is 0 Å². The molecule has 0 saturated carbocycles. The predicted octanol–water partition coefficient (Wildman–Crippen LogP) is 3.75. The van der Waals surface area contributed by atoms with Crippen LogP contribution in [-0.4, -0.2) is 50.0 Å². The molecule has 6 aromatic rings. The van der Waals surface area contributed by atoms with Gasteiger partial charge in [0.25, 0.3) is 0 Å². The third kappa shape index (κ3) is 4.12. The van der Waals surface area contributed by atoms with Gasteiger partial charge in [-0.2, -0.15) is 10.2 Å². The van der Waals surface area contributed by atoms with Gasteiger partial charge in [-0.25, -0.2) is 27.5 Å². The molecule has 0 bridgehead atoms. The van der Waals surface area contributed by atoms with Crippen LogP contribution in [-0.2, 0) is 16.6 Å². The van der Waals surface area contributed by atoms with Gasteiger partial charge >= 0.3 is 0 Å². The van der Waals surface area contributed by atoms with Gasteiger partial charge in [-0.3, -0.25) is 10.2 Å². The van der Waals surface area contributed by atoms with Gasteiger partial charge in [-0.05, 0) is 59.2 Å². The summed E-state index contributed by atoms with van der Waals surface area (Å²) in [4.78, 5) is 12.5. The second-order valence-electron chi connectivity index (χ2n) is 8.40. The highest BCUT2D eigenvalue weighted by atomic mass is 32.2. The number of hydrogen-bond acceptors (Lipinski definition) is 6. The summed E-state index contributed by atoms with van der Waals surface area (Å²) in [6.07, 6.45) is 6.17. The Kier molecular flexibility index (Phi) is 5.12. The number of pyridine rings is 2. The van der Waals surface area contributed by atoms with E-state index in [0.29, 0.717) is 33.7 Å². The van der Waals surface area contributed by atoms with Crippen molar-refractivity contribution in [3.63, 3.8) is 0 Å². The Bertz CT molecular complexity index is 1840. The molecule has 36 heavy (non-hydrogen) atoms. The number of H-pyrrole nitrogens is 3. The van der Waals surface area contributed by atoms with Gasteiger partial charge in [0.15, 0.2) is 0 Å². The lowest BCUT2D eigenvalue weighted by molar-refractivity contribution is 0.586. The largest absolute Gasteiger partial charge is 0.338 e. The van der Waals surface area contributed by atoms with Gasteiger partial charge in [0, 0.05) is 29.9 Å². The van der Waals surface area contributed by atoms with E-state index in [1.807, 2.05) is 18.2 Å². The Morgan fingerprint density at radius 2 is 1.97 bits per heavy atom. The number of nitrogens with one attached hydrogen (secondary N) is 4. The van der Waals surface area contributed by atoms with Crippen molar-refractivity contribution >= 4 is 32.1 Å². The number of hydrogen-bond donors (Lipinski definition) is 4. The summed E-state index contributed by atoms with van der Waals surface area (Å²) in [6, 6.07) is 12.0. The van der Waals surface area contributed by atoms with Crippen LogP contribution < -0.4 is 4.72 Å². The number of halogens is 1. The van der Waals surface area contributed by atoms with Gasteiger partial charge in [-0.15, -0.1) is 0 Å². The van der Waals surface area contributed by atoms with Gasteiger partial charge in [-0.1, -0.05) is 0 Å². The molecule has 5 aromatic heterocycles. The molecular weight excluding hydrogens is 483 g/mol. The summed E-state index contributed by atoms with van der Waals surface area (Å²) in [5.41, 5.74) is 6.84. The first-order valence-corrected chi connectivity index (χ1v) is 12.8. The number of fused-ring (bicyclic) bond motifs is 2. The molecule has 10 nitrogen and oxygen atoms in total. The van der Waals surface area contributed by atoms with E-state index in [1.54, 1.807) is 30.7 Å². The first-order chi connectivity index (χ1) is 17.3. The summed E-state index contributed by atoms with van der Waals surface area (Å²) >= 11 is 0. The normalized spacial score (nSPS) is 12.1. The number of sulfonamides is 1. The quantitative estimate of drug-likeness (QED) is 0.273. The molecule has 0 aliphatic heterocycles. The molecule has 12 heteroatoms. The molecule has 0 fully saturated rings. The van der Waals surface area contributed by atoms with Crippen molar-refractivity contribution in [1.29, 1.82) is 0 Å². The van der Waals surface area contributed by atoms with Crippen LogP contribution in [0.4, 0.5) is 4.39 Å². The topological polar surface area (TPSA) is 145 Å². The molecule has 0 spiro atoms. The molecule has 4 N–H and O–H groups in total. The lowest BCUT2D eigenvalue weighted by Gasteiger charge is -2.08. The maximum absolute atomic E-state index is 14.5. The van der Waals surface area contributed by atoms with Crippen molar-refractivity contribution in [2.75, 3.05) is 6.26 Å². The predicted molar refractivity (Wildman–Crippen MR) is 134 cm³/mol. The van der Waals surface area contributed by atoms with Crippen LogP contribution in [0, 0.1) is 5.82 Å². The first kappa shape index (κ1) is 22.1. The van der Waals surface area contributed by atoms with E-state index >= 15 is 0 Å². The zero-order valence-electron chi connectivity index (χ0n) is 18.9. The van der Waals surface area contributed by atoms with Crippen molar-refractivity contribution in [2.24, 2.45) is 0 Å². The van der Waals surface area contributed by atoms with E-state index in [0.717, 1.165) is 34.0 Å². The molecule has 5 heterocycles. The average Bonchev–Trinajstić information content (AvgIpc) is 3.60. The minimum absolute atomic E-state index is 0.0138. The smallest absolute Gasteiger partial charge is 0.209 e. The highest BCUT2D eigenvalue weighted by molar-refractivity contribution is 7.88. The van der Waals surface area contributed by atoms with Crippen molar-refractivity contribution in [2.45, 2.75) is 6.54 Å². The Morgan fingerprint density at radius 1 is 1.08 bits per heavy atom. The van der Waals surface area contributed by atoms with E-state index in [-0.39, 0.29) is 6.54 Å². The van der Waals surface area contributed by atoms with Gasteiger partial charge in [0.05, 0.1) is 29.4 Å². The third-order valence-corrected chi connectivity index (χ3v) is 6.46. The Morgan fingerprint density at radius 3 is 2.78 bits per heavy atom. The lowest BCUT2D eigenvalue weighted by atomic mass is 10.0. The van der Waals surface area contributed by atoms with Crippen LogP contribution in [0.1, 0.15) is 5.56 Å². The van der Waals surface area contributed by atoms with Gasteiger partial charge in [0.1, 0.15) is 22.7 Å². The second kappa shape index (κ2) is 8.36. The second-order valence-corrected chi connectivity index (χ2v) is 10.2. The Labute approximate surface area is 204 Å². The molecule has 0 unspecified atom stereocenters. The van der Waals surface area contributed by atoms with Crippen LogP contribution in [0.25, 0.3) is 55.8 Å². The highest BCUT2D eigenvalue weighted by Crippen LogP contribution is 2.34. The minimum Gasteiger partial charge on any atom is -0.338 e. The standard InChI is InChI=1S/C24H19FN8O2S/c1-36(34,35)29-10-13-6-14(8-16(25)7-13)17-4-5-26-24-18(17)9-21(31-24)23-22-20(32-33-23)3-2-19(30-22)15-11-27-28-12-15/h2-9,11-12,29H,10H2,1H3,(H,26,31)(H,27,28)(H,32,33). The van der Waals surface area contributed by atoms with Gasteiger partial charge < -0.3 is 4.98 Å². The molecule has 1 aromatic carbocycles. The fourth-order valence-corrected chi connectivity index (χ4v) is 4.60. The molecule has 0 aliphatic carbocycles. The lowest BCUT2D eigenvalue weighted by Crippen LogP contribution is -2.21. The maximum Gasteiger partial charge on any atom is 0.209 e. The maximum atomic E-state index is 14.5. The van der Waals surface area contributed by atoms with E-state index in [2.05, 4.69) is 35.1 Å². The summed E-state index contributed by atoms with van der Waals surface area (Å²) in [5.74, 6) is -0.465. The van der Waals surface area contributed by atoms with Crippen molar-refractivity contribution in [3.05, 3.63) is 72.4 Å². The number of benzene rings is 1. The monoisotopic (exact) mass is 502 g/mol. The van der Waals surface area contributed by atoms with E-state index in [1.165, 1.54) is 12.1 Å². The SMILES string of the molecule is CS(=O)(=O)NCc1cc(F)cc(-c2ccnc3[nH]c(-c4n[nH]c5ccc(-c6cn[nH]c6)nc45)cc23)c1. The number of aromatic amines is 3. The third-order valence-electron chi connectivity index (χ3n) is 5.80. The summed E-state index contributed by atoms with van der Waals surface area (Å²) in [6.45, 7) is -0.0138. The summed E-state index contributed by atoms with van der Waals surface area (Å²) in [5, 5.41) is 15.0. The molecule has 0 saturated heterocycles. The molecular formula is C24H19FN8O2S. The van der Waals surface area contributed by atoms with Crippen LogP contribution >= 0.6 is 0 Å². The van der Waals surface area contributed by atoms with E-state index < -0.39 is 15.8 Å². The van der Waals surface area contributed by atoms with Crippen LogP contribution in [0.3, 0.4) is 0 Å². The fourth-order valence-electron chi connectivity index (χ4n) is 4.17. The van der Waals surface area contributed by atoms with Crippen LogP contribution in [0.5, 0.6) is 0 Å².